The largest absolute Gasteiger partial charge is 0.462 e. The summed E-state index contributed by atoms with van der Waals surface area (Å²) in [6.45, 7) is 12.8. The Morgan fingerprint density at radius 2 is 1.81 bits per heavy atom. The smallest absolute Gasteiger partial charge is 0.342 e. The average Bonchev–Trinajstić information content (AvgIpc) is 2.83. The van der Waals surface area contributed by atoms with E-state index in [0.29, 0.717) is 43.5 Å². The Morgan fingerprint density at radius 1 is 1.11 bits per heavy atom. The van der Waals surface area contributed by atoms with E-state index in [-0.39, 0.29) is 35.8 Å². The zero-order chi connectivity index (χ0) is 26.4. The third kappa shape index (κ3) is 6.19. The number of hydrogen-bond donors (Lipinski definition) is 1. The first-order valence-corrected chi connectivity index (χ1v) is 12.7. The molecule has 0 bridgehead atoms. The van der Waals surface area contributed by atoms with Crippen LogP contribution >= 0.6 is 0 Å². The Bertz CT molecular complexity index is 1100. The number of rotatable bonds is 7. The Balaban J connectivity index is 1.75. The Kier molecular flexibility index (Phi) is 9.01. The van der Waals surface area contributed by atoms with E-state index in [0.717, 1.165) is 12.1 Å². The van der Waals surface area contributed by atoms with Crippen LogP contribution in [0.3, 0.4) is 0 Å². The van der Waals surface area contributed by atoms with Gasteiger partial charge in [0.15, 0.2) is 0 Å². The number of piperazine rings is 1. The summed E-state index contributed by atoms with van der Waals surface area (Å²) in [5, 5.41) is 2.95. The zero-order valence-electron chi connectivity index (χ0n) is 22.1. The van der Waals surface area contributed by atoms with Gasteiger partial charge >= 0.3 is 12.0 Å². The highest BCUT2D eigenvalue weighted by molar-refractivity contribution is 6.04. The Labute approximate surface area is 213 Å². The molecule has 9 heteroatoms. The minimum Gasteiger partial charge on any atom is -0.462 e. The lowest BCUT2D eigenvalue weighted by molar-refractivity contribution is 0.0502. The SMILES string of the molecule is CCCc1nc(C)nc(C(=O)N2CCN(C(=O)Nc3ccc(C(C)C)cc3)C(C)C2)c1C(=O)OCC. The summed E-state index contributed by atoms with van der Waals surface area (Å²) in [7, 11) is 0. The van der Waals surface area contributed by atoms with Crippen molar-refractivity contribution < 1.29 is 19.1 Å². The Hall–Kier alpha value is -3.49. The first-order valence-electron chi connectivity index (χ1n) is 12.7. The van der Waals surface area contributed by atoms with Crippen LogP contribution in [0.4, 0.5) is 10.5 Å². The number of amides is 3. The van der Waals surface area contributed by atoms with Crippen LogP contribution in [0.1, 0.15) is 84.9 Å². The highest BCUT2D eigenvalue weighted by Crippen LogP contribution is 2.21. The highest BCUT2D eigenvalue weighted by atomic mass is 16.5. The molecule has 0 saturated carbocycles. The molecule has 3 amide bonds. The fourth-order valence-electron chi connectivity index (χ4n) is 4.36. The van der Waals surface area contributed by atoms with Crippen LogP contribution in [0.15, 0.2) is 24.3 Å². The van der Waals surface area contributed by atoms with Crippen molar-refractivity contribution in [2.45, 2.75) is 66.3 Å². The minimum absolute atomic E-state index is 0.0692. The van der Waals surface area contributed by atoms with E-state index in [1.54, 1.807) is 23.6 Å². The van der Waals surface area contributed by atoms with E-state index in [2.05, 4.69) is 29.1 Å². The van der Waals surface area contributed by atoms with Gasteiger partial charge in [-0.25, -0.2) is 19.6 Å². The van der Waals surface area contributed by atoms with Crippen molar-refractivity contribution in [1.82, 2.24) is 19.8 Å². The molecular weight excluding hydrogens is 458 g/mol. The maximum absolute atomic E-state index is 13.5. The van der Waals surface area contributed by atoms with Gasteiger partial charge in [-0.1, -0.05) is 39.3 Å². The molecule has 194 valence electrons. The van der Waals surface area contributed by atoms with Crippen molar-refractivity contribution in [2.24, 2.45) is 0 Å². The number of anilines is 1. The fraction of sp³-hybridized carbons (Fsp3) is 0.519. The molecule has 1 atom stereocenters. The van der Waals surface area contributed by atoms with Gasteiger partial charge in [-0.05, 0) is 50.8 Å². The van der Waals surface area contributed by atoms with Gasteiger partial charge in [-0.2, -0.15) is 0 Å². The average molecular weight is 496 g/mol. The molecule has 2 heterocycles. The number of hydrogen-bond acceptors (Lipinski definition) is 6. The summed E-state index contributed by atoms with van der Waals surface area (Å²) in [5.74, 6) is -0.0817. The summed E-state index contributed by atoms with van der Waals surface area (Å²) >= 11 is 0. The van der Waals surface area contributed by atoms with Crippen molar-refractivity contribution in [3.05, 3.63) is 52.6 Å². The number of carbonyl (C=O) groups excluding carboxylic acids is 3. The van der Waals surface area contributed by atoms with E-state index in [1.165, 1.54) is 5.56 Å². The number of esters is 1. The summed E-state index contributed by atoms with van der Waals surface area (Å²) in [5.41, 5.74) is 2.68. The molecule has 1 aliphatic rings. The molecule has 1 fully saturated rings. The van der Waals surface area contributed by atoms with Gasteiger partial charge < -0.3 is 19.9 Å². The van der Waals surface area contributed by atoms with Crippen molar-refractivity contribution in [3.63, 3.8) is 0 Å². The van der Waals surface area contributed by atoms with Crippen molar-refractivity contribution in [3.8, 4) is 0 Å². The molecule has 1 aromatic heterocycles. The van der Waals surface area contributed by atoms with Crippen molar-refractivity contribution in [1.29, 1.82) is 0 Å². The van der Waals surface area contributed by atoms with Crippen molar-refractivity contribution in [2.75, 3.05) is 31.6 Å². The summed E-state index contributed by atoms with van der Waals surface area (Å²) < 4.78 is 5.23. The number of aromatic nitrogens is 2. The van der Waals surface area contributed by atoms with Gasteiger partial charge in [0.25, 0.3) is 5.91 Å². The second-order valence-electron chi connectivity index (χ2n) is 9.41. The third-order valence-corrected chi connectivity index (χ3v) is 6.27. The van der Waals surface area contributed by atoms with Gasteiger partial charge in [-0.15, -0.1) is 0 Å². The number of nitrogens with zero attached hydrogens (tertiary/aromatic N) is 4. The maximum Gasteiger partial charge on any atom is 0.342 e. The first-order chi connectivity index (χ1) is 17.2. The number of urea groups is 1. The second kappa shape index (κ2) is 12.0. The topological polar surface area (TPSA) is 105 Å². The summed E-state index contributed by atoms with van der Waals surface area (Å²) in [4.78, 5) is 51.4. The highest BCUT2D eigenvalue weighted by Gasteiger charge is 2.34. The van der Waals surface area contributed by atoms with Gasteiger partial charge in [0.1, 0.15) is 17.1 Å². The van der Waals surface area contributed by atoms with E-state index in [1.807, 2.05) is 38.1 Å². The van der Waals surface area contributed by atoms with E-state index in [4.69, 9.17) is 4.74 Å². The lowest BCUT2D eigenvalue weighted by atomic mass is 10.0. The van der Waals surface area contributed by atoms with Gasteiger partial charge in [0.2, 0.25) is 0 Å². The van der Waals surface area contributed by atoms with E-state index >= 15 is 0 Å². The molecule has 0 aliphatic carbocycles. The number of ether oxygens (including phenoxy) is 1. The molecule has 36 heavy (non-hydrogen) atoms. The van der Waals surface area contributed by atoms with Gasteiger partial charge in [0, 0.05) is 31.4 Å². The molecule has 0 spiro atoms. The minimum atomic E-state index is -0.584. The molecular formula is C27H37N5O4. The number of benzene rings is 1. The lowest BCUT2D eigenvalue weighted by Crippen LogP contribution is -2.56. The van der Waals surface area contributed by atoms with Crippen LogP contribution in [0.2, 0.25) is 0 Å². The molecule has 2 aromatic rings. The molecule has 1 unspecified atom stereocenters. The molecule has 1 N–H and O–H groups in total. The monoisotopic (exact) mass is 495 g/mol. The van der Waals surface area contributed by atoms with Crippen LogP contribution in [0.5, 0.6) is 0 Å². The Morgan fingerprint density at radius 3 is 2.39 bits per heavy atom. The van der Waals surface area contributed by atoms with Gasteiger partial charge in [-0.3, -0.25) is 4.79 Å². The molecule has 1 saturated heterocycles. The van der Waals surface area contributed by atoms with Crippen LogP contribution in [-0.4, -0.2) is 70.0 Å². The van der Waals surface area contributed by atoms with Crippen LogP contribution in [-0.2, 0) is 11.2 Å². The predicted molar refractivity (Wildman–Crippen MR) is 138 cm³/mol. The normalized spacial score (nSPS) is 15.7. The van der Waals surface area contributed by atoms with E-state index in [9.17, 15) is 14.4 Å². The molecule has 0 radical (unpaired) electrons. The first kappa shape index (κ1) is 27.1. The molecule has 9 nitrogen and oxygen atoms in total. The summed E-state index contributed by atoms with van der Waals surface area (Å²) in [6, 6.07) is 7.40. The zero-order valence-corrected chi connectivity index (χ0v) is 22.1. The standard InChI is InChI=1S/C27H37N5O4/c1-7-9-22-23(26(34)36-8-2)24(29-19(6)28-22)25(33)31-14-15-32(18(5)16-31)27(35)30-21-12-10-20(11-13-21)17(3)4/h10-13,17-18H,7-9,14-16H2,1-6H3,(H,30,35). The second-order valence-corrected chi connectivity index (χ2v) is 9.41. The van der Waals surface area contributed by atoms with Crippen LogP contribution < -0.4 is 5.32 Å². The van der Waals surface area contributed by atoms with E-state index < -0.39 is 5.97 Å². The number of aryl methyl sites for hydroxylation is 2. The third-order valence-electron chi connectivity index (χ3n) is 6.27. The van der Waals surface area contributed by atoms with Crippen molar-refractivity contribution >= 4 is 23.6 Å². The predicted octanol–water partition coefficient (Wildman–Crippen LogP) is 4.42. The maximum atomic E-state index is 13.5. The molecule has 1 aromatic carbocycles. The lowest BCUT2D eigenvalue weighted by Gasteiger charge is -2.39. The van der Waals surface area contributed by atoms with Crippen LogP contribution in [0, 0.1) is 6.92 Å². The van der Waals surface area contributed by atoms with Gasteiger partial charge in [0.05, 0.1) is 12.3 Å². The summed E-state index contributed by atoms with van der Waals surface area (Å²) in [6.07, 6.45) is 1.31. The quantitative estimate of drug-likeness (QED) is 0.571. The van der Waals surface area contributed by atoms with Crippen LogP contribution in [0.25, 0.3) is 0 Å². The number of carbonyl (C=O) groups is 3. The molecule has 3 rings (SSSR count). The molecule has 1 aliphatic heterocycles. The fourth-order valence-corrected chi connectivity index (χ4v) is 4.36. The number of nitrogens with one attached hydrogen (secondary N) is 1.